The van der Waals surface area contributed by atoms with Gasteiger partial charge in [-0.15, -0.1) is 0 Å². The monoisotopic (exact) mass is 367 g/mol. The van der Waals surface area contributed by atoms with E-state index in [-0.39, 0.29) is 18.3 Å². The fourth-order valence-electron chi connectivity index (χ4n) is 1.87. The Hall–Kier alpha value is -1.69. The highest BCUT2D eigenvalue weighted by Gasteiger charge is 2.11. The Labute approximate surface area is 146 Å². The summed E-state index contributed by atoms with van der Waals surface area (Å²) in [6.07, 6.45) is 0. The first kappa shape index (κ1) is 16.2. The van der Waals surface area contributed by atoms with Crippen LogP contribution in [0.25, 0.3) is 11.1 Å². The lowest BCUT2D eigenvalue weighted by Crippen LogP contribution is -2.07. The zero-order valence-electron chi connectivity index (χ0n) is 11.8. The number of carbonyl (C=O) groups excluding carboxylic acids is 1. The number of oxazole rings is 1. The van der Waals surface area contributed by atoms with Gasteiger partial charge in [0.2, 0.25) is 0 Å². The standard InChI is InChI=1S/C16H11Cl2NO3S/c17-11-6-5-10(12(18)7-11)8-21-15(20)9-23-16-19-13-3-1-2-4-14(13)22-16/h1-7H,8-9H2. The van der Waals surface area contributed by atoms with E-state index in [4.69, 9.17) is 32.4 Å². The van der Waals surface area contributed by atoms with Crippen LogP contribution in [0.2, 0.25) is 10.0 Å². The van der Waals surface area contributed by atoms with E-state index in [9.17, 15) is 4.79 Å². The van der Waals surface area contributed by atoms with Gasteiger partial charge in [-0.25, -0.2) is 4.98 Å². The molecule has 3 rings (SSSR count). The molecule has 118 valence electrons. The molecule has 23 heavy (non-hydrogen) atoms. The van der Waals surface area contributed by atoms with Crippen molar-refractivity contribution in [3.63, 3.8) is 0 Å². The summed E-state index contributed by atoms with van der Waals surface area (Å²) < 4.78 is 10.7. The zero-order chi connectivity index (χ0) is 16.2. The molecule has 3 aromatic rings. The highest BCUT2D eigenvalue weighted by molar-refractivity contribution is 7.99. The van der Waals surface area contributed by atoms with Gasteiger partial charge < -0.3 is 9.15 Å². The molecule has 0 amide bonds. The van der Waals surface area contributed by atoms with Crippen molar-refractivity contribution in [3.05, 3.63) is 58.1 Å². The summed E-state index contributed by atoms with van der Waals surface area (Å²) in [6, 6.07) is 12.5. The second-order valence-corrected chi connectivity index (χ2v) is 6.40. The summed E-state index contributed by atoms with van der Waals surface area (Å²) in [5.41, 5.74) is 2.16. The Bertz CT molecular complexity index is 817. The Morgan fingerprint density at radius 2 is 2.04 bits per heavy atom. The number of thioether (sulfide) groups is 1. The number of fused-ring (bicyclic) bond motifs is 1. The molecule has 0 atom stereocenters. The second-order valence-electron chi connectivity index (χ2n) is 4.63. The SMILES string of the molecule is O=C(CSc1nc2ccccc2o1)OCc1ccc(Cl)cc1Cl. The van der Waals surface area contributed by atoms with Crippen molar-refractivity contribution in [1.29, 1.82) is 0 Å². The van der Waals surface area contributed by atoms with E-state index in [1.165, 1.54) is 11.8 Å². The van der Waals surface area contributed by atoms with Crippen LogP contribution in [-0.2, 0) is 16.1 Å². The van der Waals surface area contributed by atoms with Gasteiger partial charge in [0.15, 0.2) is 5.58 Å². The molecule has 1 heterocycles. The van der Waals surface area contributed by atoms with Gasteiger partial charge in [-0.1, -0.05) is 53.2 Å². The summed E-state index contributed by atoms with van der Waals surface area (Å²) in [7, 11) is 0. The molecule has 0 saturated heterocycles. The van der Waals surface area contributed by atoms with Crippen LogP contribution in [0.5, 0.6) is 0 Å². The van der Waals surface area contributed by atoms with E-state index in [0.29, 0.717) is 26.4 Å². The number of nitrogens with zero attached hydrogens (tertiary/aromatic N) is 1. The lowest BCUT2D eigenvalue weighted by atomic mass is 10.2. The lowest BCUT2D eigenvalue weighted by molar-refractivity contribution is -0.141. The maximum absolute atomic E-state index is 11.8. The van der Waals surface area contributed by atoms with Crippen molar-refractivity contribution in [3.8, 4) is 0 Å². The third kappa shape index (κ3) is 4.19. The molecule has 2 aromatic carbocycles. The molecule has 0 saturated carbocycles. The number of hydrogen-bond donors (Lipinski definition) is 0. The Balaban J connectivity index is 1.53. The van der Waals surface area contributed by atoms with Crippen molar-refractivity contribution >= 4 is 52.0 Å². The zero-order valence-corrected chi connectivity index (χ0v) is 14.1. The van der Waals surface area contributed by atoms with Crippen molar-refractivity contribution in [2.24, 2.45) is 0 Å². The Morgan fingerprint density at radius 3 is 2.83 bits per heavy atom. The number of aromatic nitrogens is 1. The van der Waals surface area contributed by atoms with Crippen molar-refractivity contribution in [2.75, 3.05) is 5.75 Å². The molecule has 0 aliphatic rings. The fourth-order valence-corrected chi connectivity index (χ4v) is 2.97. The van der Waals surface area contributed by atoms with Gasteiger partial charge in [0.05, 0.1) is 0 Å². The first-order valence-electron chi connectivity index (χ1n) is 6.70. The van der Waals surface area contributed by atoms with Crippen LogP contribution in [0.4, 0.5) is 0 Å². The van der Waals surface area contributed by atoms with E-state index < -0.39 is 0 Å². The maximum Gasteiger partial charge on any atom is 0.316 e. The van der Waals surface area contributed by atoms with Gasteiger partial charge in [-0.2, -0.15) is 0 Å². The fraction of sp³-hybridized carbons (Fsp3) is 0.125. The molecular weight excluding hydrogens is 357 g/mol. The normalized spacial score (nSPS) is 10.9. The van der Waals surface area contributed by atoms with Gasteiger partial charge in [0.25, 0.3) is 5.22 Å². The average molecular weight is 368 g/mol. The highest BCUT2D eigenvalue weighted by atomic mass is 35.5. The first-order valence-corrected chi connectivity index (χ1v) is 8.44. The van der Waals surface area contributed by atoms with E-state index in [1.54, 1.807) is 18.2 Å². The molecule has 1 aromatic heterocycles. The number of ether oxygens (including phenoxy) is 1. The van der Waals surface area contributed by atoms with Gasteiger partial charge in [0, 0.05) is 15.6 Å². The summed E-state index contributed by atoms with van der Waals surface area (Å²) >= 11 is 13.0. The minimum atomic E-state index is -0.372. The molecule has 0 bridgehead atoms. The van der Waals surface area contributed by atoms with Crippen molar-refractivity contribution < 1.29 is 13.9 Å². The summed E-state index contributed by atoms with van der Waals surface area (Å²) in [4.78, 5) is 16.1. The maximum atomic E-state index is 11.8. The van der Waals surface area contributed by atoms with Crippen LogP contribution in [0.15, 0.2) is 52.1 Å². The van der Waals surface area contributed by atoms with Crippen LogP contribution in [0, 0.1) is 0 Å². The minimum Gasteiger partial charge on any atom is -0.460 e. The molecule has 7 heteroatoms. The number of hydrogen-bond acceptors (Lipinski definition) is 5. The van der Waals surface area contributed by atoms with Crippen LogP contribution in [-0.4, -0.2) is 16.7 Å². The van der Waals surface area contributed by atoms with Crippen LogP contribution < -0.4 is 0 Å². The number of para-hydroxylation sites is 2. The van der Waals surface area contributed by atoms with Gasteiger partial charge in [-0.3, -0.25) is 4.79 Å². The molecule has 4 nitrogen and oxygen atoms in total. The molecule has 0 aliphatic carbocycles. The predicted octanol–water partition coefficient (Wildman–Crippen LogP) is 4.97. The quantitative estimate of drug-likeness (QED) is 0.470. The summed E-state index contributed by atoms with van der Waals surface area (Å²) in [5, 5.41) is 1.45. The largest absolute Gasteiger partial charge is 0.460 e. The third-order valence-electron chi connectivity index (χ3n) is 2.99. The number of halogens is 2. The molecular formula is C16H11Cl2NO3S. The predicted molar refractivity (Wildman–Crippen MR) is 91.0 cm³/mol. The number of carbonyl (C=O) groups is 1. The second kappa shape index (κ2) is 7.25. The van der Waals surface area contributed by atoms with E-state index >= 15 is 0 Å². The summed E-state index contributed by atoms with van der Waals surface area (Å²) in [5.74, 6) is -0.263. The lowest BCUT2D eigenvalue weighted by Gasteiger charge is -2.06. The smallest absolute Gasteiger partial charge is 0.316 e. The van der Waals surface area contributed by atoms with E-state index in [2.05, 4.69) is 4.98 Å². The van der Waals surface area contributed by atoms with Crippen LogP contribution in [0.1, 0.15) is 5.56 Å². The van der Waals surface area contributed by atoms with Crippen molar-refractivity contribution in [2.45, 2.75) is 11.8 Å². The average Bonchev–Trinajstić information content (AvgIpc) is 2.95. The minimum absolute atomic E-state index is 0.100. The Kier molecular flexibility index (Phi) is 5.10. The first-order chi connectivity index (χ1) is 11.1. The van der Waals surface area contributed by atoms with Crippen molar-refractivity contribution in [1.82, 2.24) is 4.98 Å². The van der Waals surface area contributed by atoms with Crippen LogP contribution in [0.3, 0.4) is 0 Å². The van der Waals surface area contributed by atoms with E-state index in [0.717, 1.165) is 5.52 Å². The number of rotatable bonds is 5. The molecule has 0 radical (unpaired) electrons. The molecule has 0 spiro atoms. The topological polar surface area (TPSA) is 52.3 Å². The van der Waals surface area contributed by atoms with Gasteiger partial charge in [-0.05, 0) is 24.3 Å². The molecule has 0 N–H and O–H groups in total. The number of esters is 1. The number of benzene rings is 2. The van der Waals surface area contributed by atoms with Gasteiger partial charge in [0.1, 0.15) is 17.9 Å². The molecule has 0 aliphatic heterocycles. The molecule has 0 fully saturated rings. The van der Waals surface area contributed by atoms with Gasteiger partial charge >= 0.3 is 5.97 Å². The third-order valence-corrected chi connectivity index (χ3v) is 4.38. The molecule has 0 unspecified atom stereocenters. The highest BCUT2D eigenvalue weighted by Crippen LogP contribution is 2.24. The Morgan fingerprint density at radius 1 is 1.22 bits per heavy atom. The summed E-state index contributed by atoms with van der Waals surface area (Å²) in [6.45, 7) is 0.100. The van der Waals surface area contributed by atoms with E-state index in [1.807, 2.05) is 24.3 Å². The van der Waals surface area contributed by atoms with Crippen LogP contribution >= 0.6 is 35.0 Å².